The Labute approximate surface area is 205 Å². The van der Waals surface area contributed by atoms with Crippen molar-refractivity contribution >= 4 is 28.6 Å². The van der Waals surface area contributed by atoms with Crippen LogP contribution in [0.3, 0.4) is 0 Å². The smallest absolute Gasteiger partial charge is 0.408 e. The second-order valence-corrected chi connectivity index (χ2v) is 9.91. The number of carbonyl (C=O) groups excluding carboxylic acids is 1. The SMILES string of the molecule is C[C@H](NC(=O)OC(C)(C)C)c1nc2cccc(Cl)c2c(=O)n1CCCN(C)Cc1ccccc1. The Balaban J connectivity index is 1.83. The topological polar surface area (TPSA) is 76.5 Å². The molecule has 0 aliphatic carbocycles. The van der Waals surface area contributed by atoms with Crippen LogP contribution >= 0.6 is 11.6 Å². The normalized spacial score (nSPS) is 12.7. The largest absolute Gasteiger partial charge is 0.444 e. The predicted molar refractivity (Wildman–Crippen MR) is 136 cm³/mol. The number of nitrogens with zero attached hydrogens (tertiary/aromatic N) is 3. The molecule has 3 aromatic rings. The molecule has 0 radical (unpaired) electrons. The Kier molecular flexibility index (Phi) is 8.33. The van der Waals surface area contributed by atoms with E-state index in [0.29, 0.717) is 28.3 Å². The average molecular weight is 485 g/mol. The van der Waals surface area contributed by atoms with Gasteiger partial charge in [0.05, 0.1) is 22.0 Å². The summed E-state index contributed by atoms with van der Waals surface area (Å²) in [5.41, 5.74) is 0.895. The fraction of sp³-hybridized carbons (Fsp3) is 0.423. The molecule has 1 heterocycles. The van der Waals surface area contributed by atoms with Crippen LogP contribution in [0.1, 0.15) is 51.5 Å². The van der Waals surface area contributed by atoms with Crippen molar-refractivity contribution in [3.8, 4) is 0 Å². The zero-order chi connectivity index (χ0) is 24.9. The third-order valence-corrected chi connectivity index (χ3v) is 5.61. The summed E-state index contributed by atoms with van der Waals surface area (Å²) in [5, 5.41) is 3.55. The van der Waals surface area contributed by atoms with Gasteiger partial charge in [0.2, 0.25) is 0 Å². The van der Waals surface area contributed by atoms with Crippen LogP contribution in [-0.4, -0.2) is 39.7 Å². The van der Waals surface area contributed by atoms with Crippen LogP contribution in [0.25, 0.3) is 10.9 Å². The lowest BCUT2D eigenvalue weighted by molar-refractivity contribution is 0.0504. The molecule has 0 saturated carbocycles. The minimum absolute atomic E-state index is 0.214. The molecule has 0 spiro atoms. The molecule has 1 atom stereocenters. The Hall–Kier alpha value is -2.90. The Morgan fingerprint density at radius 1 is 1.18 bits per heavy atom. The summed E-state index contributed by atoms with van der Waals surface area (Å²) in [4.78, 5) is 32.7. The van der Waals surface area contributed by atoms with Crippen molar-refractivity contribution in [1.82, 2.24) is 19.8 Å². The van der Waals surface area contributed by atoms with Crippen molar-refractivity contribution in [2.75, 3.05) is 13.6 Å². The first-order chi connectivity index (χ1) is 16.0. The summed E-state index contributed by atoms with van der Waals surface area (Å²) in [6.07, 6.45) is 0.169. The number of amides is 1. The Morgan fingerprint density at radius 2 is 1.88 bits per heavy atom. The number of carbonyl (C=O) groups is 1. The summed E-state index contributed by atoms with van der Waals surface area (Å²) >= 11 is 6.35. The van der Waals surface area contributed by atoms with E-state index in [1.165, 1.54) is 5.56 Å². The molecular formula is C26H33ClN4O3. The Bertz CT molecular complexity index is 1190. The number of nitrogens with one attached hydrogen (secondary N) is 1. The van der Waals surface area contributed by atoms with Crippen molar-refractivity contribution in [1.29, 1.82) is 0 Å². The first-order valence-electron chi connectivity index (χ1n) is 11.5. The highest BCUT2D eigenvalue weighted by Crippen LogP contribution is 2.21. The number of rotatable bonds is 8. The van der Waals surface area contributed by atoms with E-state index in [2.05, 4.69) is 29.4 Å². The van der Waals surface area contributed by atoms with Gasteiger partial charge in [-0.05, 0) is 65.4 Å². The standard InChI is InChI=1S/C26H33ClN4O3/c1-18(28-25(33)34-26(2,3)4)23-29-21-14-9-13-20(27)22(21)24(32)31(23)16-10-15-30(5)17-19-11-7-6-8-12-19/h6-9,11-14,18H,10,15-17H2,1-5H3,(H,28,33)/t18-/m0/s1. The van der Waals surface area contributed by atoms with Crippen LogP contribution in [-0.2, 0) is 17.8 Å². The van der Waals surface area contributed by atoms with Gasteiger partial charge in [0.15, 0.2) is 0 Å². The van der Waals surface area contributed by atoms with Crippen LogP contribution in [0.15, 0.2) is 53.3 Å². The molecule has 34 heavy (non-hydrogen) atoms. The number of ether oxygens (including phenoxy) is 1. The number of hydrogen-bond donors (Lipinski definition) is 1. The maximum atomic E-state index is 13.4. The maximum Gasteiger partial charge on any atom is 0.408 e. The van der Waals surface area contributed by atoms with Gasteiger partial charge < -0.3 is 15.0 Å². The average Bonchev–Trinajstić information content (AvgIpc) is 2.74. The lowest BCUT2D eigenvalue weighted by Crippen LogP contribution is -2.37. The van der Waals surface area contributed by atoms with E-state index in [9.17, 15) is 9.59 Å². The number of aromatic nitrogens is 2. The minimum atomic E-state index is -0.628. The van der Waals surface area contributed by atoms with Gasteiger partial charge >= 0.3 is 6.09 Å². The van der Waals surface area contributed by atoms with Gasteiger partial charge in [-0.25, -0.2) is 9.78 Å². The van der Waals surface area contributed by atoms with E-state index in [1.807, 2.05) is 18.2 Å². The molecule has 0 aliphatic rings. The monoisotopic (exact) mass is 484 g/mol. The molecule has 0 bridgehead atoms. The van der Waals surface area contributed by atoms with E-state index in [-0.39, 0.29) is 5.56 Å². The molecule has 2 aromatic carbocycles. The molecule has 0 fully saturated rings. The van der Waals surface area contributed by atoms with Crippen molar-refractivity contribution < 1.29 is 9.53 Å². The fourth-order valence-corrected chi connectivity index (χ4v) is 4.06. The molecule has 0 saturated heterocycles. The molecule has 3 rings (SSSR count). The van der Waals surface area contributed by atoms with Crippen molar-refractivity contribution in [3.05, 3.63) is 75.3 Å². The molecule has 182 valence electrons. The summed E-state index contributed by atoms with van der Waals surface area (Å²) in [6, 6.07) is 14.9. The third kappa shape index (κ3) is 6.81. The van der Waals surface area contributed by atoms with Crippen LogP contribution in [0.4, 0.5) is 4.79 Å². The number of alkyl carbamates (subject to hydrolysis) is 1. The highest BCUT2D eigenvalue weighted by Gasteiger charge is 2.22. The van der Waals surface area contributed by atoms with Crippen molar-refractivity contribution in [2.45, 2.75) is 58.8 Å². The van der Waals surface area contributed by atoms with Gasteiger partial charge in [-0.3, -0.25) is 9.36 Å². The van der Waals surface area contributed by atoms with Crippen LogP contribution in [0, 0.1) is 0 Å². The van der Waals surface area contributed by atoms with Gasteiger partial charge in [0.1, 0.15) is 11.4 Å². The molecule has 1 aromatic heterocycles. The highest BCUT2D eigenvalue weighted by molar-refractivity contribution is 6.35. The molecule has 0 unspecified atom stereocenters. The maximum absolute atomic E-state index is 13.4. The molecule has 8 heteroatoms. The second-order valence-electron chi connectivity index (χ2n) is 9.51. The van der Waals surface area contributed by atoms with E-state index in [0.717, 1.165) is 19.5 Å². The summed E-state index contributed by atoms with van der Waals surface area (Å²) < 4.78 is 7.00. The van der Waals surface area contributed by atoms with E-state index >= 15 is 0 Å². The molecule has 1 amide bonds. The van der Waals surface area contributed by atoms with E-state index < -0.39 is 17.7 Å². The van der Waals surface area contributed by atoms with Gasteiger partial charge in [-0.1, -0.05) is 48.0 Å². The van der Waals surface area contributed by atoms with Crippen LogP contribution < -0.4 is 10.9 Å². The minimum Gasteiger partial charge on any atom is -0.444 e. The lowest BCUT2D eigenvalue weighted by Gasteiger charge is -2.24. The number of hydrogen-bond acceptors (Lipinski definition) is 5. The van der Waals surface area contributed by atoms with Gasteiger partial charge in [-0.15, -0.1) is 0 Å². The fourth-order valence-electron chi connectivity index (χ4n) is 3.81. The first-order valence-corrected chi connectivity index (χ1v) is 11.8. The summed E-state index contributed by atoms with van der Waals surface area (Å²) in [6.45, 7) is 9.25. The van der Waals surface area contributed by atoms with Gasteiger partial charge in [0.25, 0.3) is 5.56 Å². The molecular weight excluding hydrogens is 452 g/mol. The summed E-state index contributed by atoms with van der Waals surface area (Å²) in [7, 11) is 2.05. The zero-order valence-electron chi connectivity index (χ0n) is 20.5. The second kappa shape index (κ2) is 11.0. The zero-order valence-corrected chi connectivity index (χ0v) is 21.2. The number of fused-ring (bicyclic) bond motifs is 1. The first kappa shape index (κ1) is 25.7. The van der Waals surface area contributed by atoms with E-state index in [4.69, 9.17) is 21.3 Å². The molecule has 0 aliphatic heterocycles. The number of benzene rings is 2. The molecule has 1 N–H and O–H groups in total. The van der Waals surface area contributed by atoms with E-state index in [1.54, 1.807) is 50.5 Å². The van der Waals surface area contributed by atoms with Crippen molar-refractivity contribution in [3.63, 3.8) is 0 Å². The Morgan fingerprint density at radius 3 is 2.56 bits per heavy atom. The quantitative estimate of drug-likeness (QED) is 0.478. The third-order valence-electron chi connectivity index (χ3n) is 5.30. The lowest BCUT2D eigenvalue weighted by atomic mass is 10.2. The summed E-state index contributed by atoms with van der Waals surface area (Å²) in [5.74, 6) is 0.469. The molecule has 7 nitrogen and oxygen atoms in total. The number of halogens is 1. The van der Waals surface area contributed by atoms with Gasteiger partial charge in [-0.2, -0.15) is 0 Å². The highest BCUT2D eigenvalue weighted by atomic mass is 35.5. The van der Waals surface area contributed by atoms with Gasteiger partial charge in [0, 0.05) is 13.1 Å². The van der Waals surface area contributed by atoms with Crippen molar-refractivity contribution in [2.24, 2.45) is 0 Å². The predicted octanol–water partition coefficient (Wildman–Crippen LogP) is 5.16. The van der Waals surface area contributed by atoms with Crippen LogP contribution in [0.2, 0.25) is 5.02 Å². The van der Waals surface area contributed by atoms with Crippen LogP contribution in [0.5, 0.6) is 0 Å².